The zero-order valence-corrected chi connectivity index (χ0v) is 13.7. The van der Waals surface area contributed by atoms with Gasteiger partial charge >= 0.3 is 0 Å². The van der Waals surface area contributed by atoms with Crippen LogP contribution in [-0.4, -0.2) is 0 Å². The average molecular weight is 276 g/mol. The van der Waals surface area contributed by atoms with E-state index in [0.29, 0.717) is 0 Å². The van der Waals surface area contributed by atoms with E-state index in [0.717, 1.165) is 12.1 Å². The molecule has 0 spiro atoms. The van der Waals surface area contributed by atoms with E-state index in [4.69, 9.17) is 0 Å². The standard InChI is InChI=1S/C18H32N2/c1-6-10-12-13-16-18(5,15-11-7-2)17(14-8-3)20-19-9-4/h8-9,14H,3-4,6-7,10-13,15-16H2,1-2,5H3/b17-14-,20-19?. The molecule has 0 saturated heterocycles. The highest BCUT2D eigenvalue weighted by molar-refractivity contribution is 5.17. The van der Waals surface area contributed by atoms with Crippen molar-refractivity contribution in [3.8, 4) is 0 Å². The zero-order valence-electron chi connectivity index (χ0n) is 13.7. The monoisotopic (exact) mass is 276 g/mol. The van der Waals surface area contributed by atoms with Gasteiger partial charge in [-0.1, -0.05) is 78.5 Å². The molecule has 0 heterocycles. The van der Waals surface area contributed by atoms with Gasteiger partial charge in [-0.3, -0.25) is 0 Å². The highest BCUT2D eigenvalue weighted by Crippen LogP contribution is 2.39. The van der Waals surface area contributed by atoms with Gasteiger partial charge in [0.1, 0.15) is 0 Å². The van der Waals surface area contributed by atoms with Crippen molar-refractivity contribution in [2.75, 3.05) is 0 Å². The van der Waals surface area contributed by atoms with E-state index in [1.54, 1.807) is 0 Å². The van der Waals surface area contributed by atoms with Crippen LogP contribution in [-0.2, 0) is 0 Å². The van der Waals surface area contributed by atoms with Crippen LogP contribution in [0, 0.1) is 5.41 Å². The predicted molar refractivity (Wildman–Crippen MR) is 89.7 cm³/mol. The Balaban J connectivity index is 4.93. The molecule has 20 heavy (non-hydrogen) atoms. The van der Waals surface area contributed by atoms with Gasteiger partial charge in [0.15, 0.2) is 0 Å². The maximum atomic E-state index is 4.35. The smallest absolute Gasteiger partial charge is 0.0689 e. The maximum Gasteiger partial charge on any atom is 0.0689 e. The lowest BCUT2D eigenvalue weighted by Crippen LogP contribution is -2.18. The quantitative estimate of drug-likeness (QED) is 0.212. The molecule has 0 rings (SSSR count). The molecule has 2 heteroatoms. The molecule has 0 aliphatic heterocycles. The molecule has 1 atom stereocenters. The van der Waals surface area contributed by atoms with Crippen LogP contribution in [0.15, 0.2) is 47.4 Å². The SMILES string of the molecule is C=C/C=C(\N=NC=C)C(C)(CCCC)CCCCCC. The molecule has 0 radical (unpaired) electrons. The summed E-state index contributed by atoms with van der Waals surface area (Å²) in [5.74, 6) is 0. The van der Waals surface area contributed by atoms with Crippen molar-refractivity contribution >= 4 is 0 Å². The van der Waals surface area contributed by atoms with E-state index in [2.05, 4.69) is 44.2 Å². The first-order chi connectivity index (χ1) is 9.64. The third kappa shape index (κ3) is 7.42. The number of rotatable bonds is 12. The second kappa shape index (κ2) is 11.6. The summed E-state index contributed by atoms with van der Waals surface area (Å²) in [6.45, 7) is 14.2. The van der Waals surface area contributed by atoms with Crippen molar-refractivity contribution in [1.82, 2.24) is 0 Å². The Morgan fingerprint density at radius 3 is 2.20 bits per heavy atom. The molecule has 0 fully saturated rings. The van der Waals surface area contributed by atoms with Crippen LogP contribution in [0.4, 0.5) is 0 Å². The minimum Gasteiger partial charge on any atom is -0.160 e. The number of nitrogens with zero attached hydrogens (tertiary/aromatic N) is 2. The number of allylic oxidation sites excluding steroid dienone is 3. The van der Waals surface area contributed by atoms with Crippen LogP contribution >= 0.6 is 0 Å². The summed E-state index contributed by atoms with van der Waals surface area (Å²) in [5, 5.41) is 8.33. The Hall–Kier alpha value is -1.18. The molecule has 2 nitrogen and oxygen atoms in total. The Morgan fingerprint density at radius 1 is 1.00 bits per heavy atom. The maximum absolute atomic E-state index is 4.35. The minimum absolute atomic E-state index is 0.102. The summed E-state index contributed by atoms with van der Waals surface area (Å²) in [4.78, 5) is 0. The van der Waals surface area contributed by atoms with Crippen molar-refractivity contribution in [2.24, 2.45) is 15.6 Å². The summed E-state index contributed by atoms with van der Waals surface area (Å²) < 4.78 is 0. The van der Waals surface area contributed by atoms with Gasteiger partial charge in [-0.2, -0.15) is 10.2 Å². The lowest BCUT2D eigenvalue weighted by Gasteiger charge is -2.29. The third-order valence-corrected chi connectivity index (χ3v) is 3.81. The van der Waals surface area contributed by atoms with Crippen LogP contribution in [0.3, 0.4) is 0 Å². The Kier molecular flexibility index (Phi) is 10.9. The van der Waals surface area contributed by atoms with E-state index in [1.165, 1.54) is 51.1 Å². The van der Waals surface area contributed by atoms with Crippen molar-refractivity contribution in [1.29, 1.82) is 0 Å². The molecule has 0 bridgehead atoms. The topological polar surface area (TPSA) is 24.7 Å². The largest absolute Gasteiger partial charge is 0.160 e. The lowest BCUT2D eigenvalue weighted by atomic mass is 9.77. The fourth-order valence-electron chi connectivity index (χ4n) is 2.46. The van der Waals surface area contributed by atoms with Crippen molar-refractivity contribution in [2.45, 2.75) is 72.1 Å². The van der Waals surface area contributed by atoms with E-state index >= 15 is 0 Å². The first-order valence-corrected chi connectivity index (χ1v) is 7.99. The highest BCUT2D eigenvalue weighted by Gasteiger charge is 2.28. The van der Waals surface area contributed by atoms with Crippen LogP contribution in [0.1, 0.15) is 72.1 Å². The highest BCUT2D eigenvalue weighted by atomic mass is 15.1. The van der Waals surface area contributed by atoms with Crippen LogP contribution in [0.2, 0.25) is 0 Å². The molecule has 1 unspecified atom stereocenters. The number of unbranched alkanes of at least 4 members (excludes halogenated alkanes) is 4. The Bertz CT molecular complexity index is 328. The summed E-state index contributed by atoms with van der Waals surface area (Å²) in [6.07, 6.45) is 15.2. The summed E-state index contributed by atoms with van der Waals surface area (Å²) in [7, 11) is 0. The molecule has 0 saturated carbocycles. The van der Waals surface area contributed by atoms with Gasteiger partial charge in [-0.05, 0) is 18.9 Å². The van der Waals surface area contributed by atoms with Gasteiger partial charge in [0, 0.05) is 11.6 Å². The predicted octanol–water partition coefficient (Wildman–Crippen LogP) is 6.82. The number of hydrogen-bond acceptors (Lipinski definition) is 2. The molecule has 0 aliphatic rings. The van der Waals surface area contributed by atoms with Gasteiger partial charge in [-0.15, -0.1) is 0 Å². The molecular formula is C18H32N2. The van der Waals surface area contributed by atoms with Gasteiger partial charge in [0.05, 0.1) is 5.70 Å². The Labute approximate surface area is 125 Å². The first kappa shape index (κ1) is 18.8. The lowest BCUT2D eigenvalue weighted by molar-refractivity contribution is 0.306. The van der Waals surface area contributed by atoms with Crippen molar-refractivity contribution in [3.63, 3.8) is 0 Å². The first-order valence-electron chi connectivity index (χ1n) is 7.99. The zero-order chi connectivity index (χ0) is 15.3. The second-order valence-electron chi connectivity index (χ2n) is 5.66. The van der Waals surface area contributed by atoms with Crippen molar-refractivity contribution in [3.05, 3.63) is 37.2 Å². The average Bonchev–Trinajstić information content (AvgIpc) is 2.46. The minimum atomic E-state index is 0.102. The van der Waals surface area contributed by atoms with Gasteiger partial charge in [-0.25, -0.2) is 0 Å². The van der Waals surface area contributed by atoms with E-state index in [9.17, 15) is 0 Å². The Morgan fingerprint density at radius 2 is 1.65 bits per heavy atom. The second-order valence-corrected chi connectivity index (χ2v) is 5.66. The molecule has 0 N–H and O–H groups in total. The number of azo groups is 1. The van der Waals surface area contributed by atoms with Crippen LogP contribution in [0.25, 0.3) is 0 Å². The summed E-state index contributed by atoms with van der Waals surface area (Å²) in [6, 6.07) is 0. The fourth-order valence-corrected chi connectivity index (χ4v) is 2.46. The molecule has 114 valence electrons. The van der Waals surface area contributed by atoms with Crippen LogP contribution in [0.5, 0.6) is 0 Å². The molecule has 0 amide bonds. The third-order valence-electron chi connectivity index (χ3n) is 3.81. The van der Waals surface area contributed by atoms with E-state index < -0.39 is 0 Å². The summed E-state index contributed by atoms with van der Waals surface area (Å²) >= 11 is 0. The van der Waals surface area contributed by atoms with Crippen molar-refractivity contribution < 1.29 is 0 Å². The van der Waals surface area contributed by atoms with Crippen LogP contribution < -0.4 is 0 Å². The van der Waals surface area contributed by atoms with E-state index in [1.807, 2.05) is 12.2 Å². The van der Waals surface area contributed by atoms with Gasteiger partial charge in [0.2, 0.25) is 0 Å². The van der Waals surface area contributed by atoms with Gasteiger partial charge < -0.3 is 0 Å². The molecular weight excluding hydrogens is 244 g/mol. The normalized spacial score (nSPS) is 15.2. The summed E-state index contributed by atoms with van der Waals surface area (Å²) in [5.41, 5.74) is 1.14. The molecule has 0 aromatic heterocycles. The molecule has 0 aliphatic carbocycles. The van der Waals surface area contributed by atoms with E-state index in [-0.39, 0.29) is 5.41 Å². The molecule has 0 aromatic rings. The fraction of sp³-hybridized carbons (Fsp3) is 0.667. The molecule has 0 aromatic carbocycles. The number of hydrogen-bond donors (Lipinski definition) is 0. The van der Waals surface area contributed by atoms with Gasteiger partial charge in [0.25, 0.3) is 0 Å².